The van der Waals surface area contributed by atoms with E-state index in [9.17, 15) is 0 Å². The van der Waals surface area contributed by atoms with Gasteiger partial charge >= 0.3 is 98.6 Å². The Labute approximate surface area is 98.6 Å². The number of allylic oxidation sites excluding steroid dienone is 2. The molecule has 0 aromatic carbocycles. The van der Waals surface area contributed by atoms with Crippen LogP contribution in [0.25, 0.3) is 0 Å². The second-order valence-electron chi connectivity index (χ2n) is 4.44. The third kappa shape index (κ3) is 2.16. The Morgan fingerprint density at radius 3 is 2.36 bits per heavy atom. The zero-order chi connectivity index (χ0) is 10.9. The zero-order valence-electron chi connectivity index (χ0n) is 9.78. The van der Waals surface area contributed by atoms with E-state index in [1.54, 1.807) is 0 Å². The first kappa shape index (κ1) is 12.1. The molecule has 1 aliphatic carbocycles. The monoisotopic (exact) mass is 225 g/mol. The van der Waals surface area contributed by atoms with Crippen LogP contribution in [-0.2, 0) is 20.0 Å². The Hall–Kier alpha value is 0.0243. The van der Waals surface area contributed by atoms with Crippen LogP contribution in [0.2, 0.25) is 0 Å². The van der Waals surface area contributed by atoms with Gasteiger partial charge in [0.1, 0.15) is 0 Å². The molecule has 2 heteroatoms. The van der Waals surface area contributed by atoms with Gasteiger partial charge in [-0.05, 0) is 0 Å². The van der Waals surface area contributed by atoms with Crippen molar-refractivity contribution >= 4 is 3.94 Å². The maximum atomic E-state index is 3.39. The van der Waals surface area contributed by atoms with Crippen molar-refractivity contribution in [2.75, 3.05) is 6.54 Å². The van der Waals surface area contributed by atoms with E-state index in [0.29, 0.717) is 0 Å². The molecule has 0 heterocycles. The van der Waals surface area contributed by atoms with Gasteiger partial charge in [0, 0.05) is 0 Å². The number of likely N-dealkylation sites (N-methyl/N-ethyl adjacent to an activating group) is 1. The standard InChI is InChI=1S/C12H19N.Ti/c1-6-13-8-11-7-12(4,5)10(3)9(11)2;/h7,13H,6H2,1-5H3;. The summed E-state index contributed by atoms with van der Waals surface area (Å²) in [4.78, 5) is 0. The van der Waals surface area contributed by atoms with Gasteiger partial charge in [-0.15, -0.1) is 0 Å². The van der Waals surface area contributed by atoms with E-state index < -0.39 is 0 Å². The van der Waals surface area contributed by atoms with E-state index in [4.69, 9.17) is 0 Å². The van der Waals surface area contributed by atoms with Crippen LogP contribution in [0.5, 0.6) is 0 Å². The van der Waals surface area contributed by atoms with Gasteiger partial charge in [-0.25, -0.2) is 0 Å². The normalized spacial score (nSPS) is 19.9. The van der Waals surface area contributed by atoms with E-state index in [0.717, 1.165) is 6.54 Å². The Morgan fingerprint density at radius 2 is 2.00 bits per heavy atom. The third-order valence-corrected chi connectivity index (χ3v) is 3.76. The van der Waals surface area contributed by atoms with Crippen molar-refractivity contribution in [3.05, 3.63) is 22.8 Å². The maximum absolute atomic E-state index is 3.39. The molecule has 0 bridgehead atoms. The number of hydrogen-bond acceptors (Lipinski definition) is 1. The summed E-state index contributed by atoms with van der Waals surface area (Å²) in [6, 6.07) is 0. The molecule has 1 aliphatic rings. The van der Waals surface area contributed by atoms with E-state index in [1.165, 1.54) is 20.7 Å². The van der Waals surface area contributed by atoms with Gasteiger partial charge in [0.2, 0.25) is 0 Å². The van der Waals surface area contributed by atoms with Gasteiger partial charge in [-0.3, -0.25) is 0 Å². The molecule has 0 atom stereocenters. The molecular formula is C12H19NTi. The van der Waals surface area contributed by atoms with Crippen LogP contribution in [0.4, 0.5) is 0 Å². The fourth-order valence-electron chi connectivity index (χ4n) is 1.79. The summed E-state index contributed by atoms with van der Waals surface area (Å²) >= 11 is 2.16. The molecule has 0 radical (unpaired) electrons. The van der Waals surface area contributed by atoms with E-state index in [2.05, 4.69) is 66.0 Å². The number of hydrogen-bond donors (Lipinski definition) is 1. The van der Waals surface area contributed by atoms with Crippen molar-refractivity contribution in [3.63, 3.8) is 0 Å². The average molecular weight is 225 g/mol. The second-order valence-corrected chi connectivity index (χ2v) is 5.22. The van der Waals surface area contributed by atoms with Gasteiger partial charge in [-0.2, -0.15) is 0 Å². The molecule has 1 rings (SSSR count). The van der Waals surface area contributed by atoms with Crippen molar-refractivity contribution < 1.29 is 20.0 Å². The fraction of sp³-hybridized carbons (Fsp3) is 0.583. The summed E-state index contributed by atoms with van der Waals surface area (Å²) in [5.74, 6) is 0. The first-order valence-electron chi connectivity index (χ1n) is 5.14. The number of nitrogens with one attached hydrogen (secondary N) is 1. The molecule has 0 saturated carbocycles. The van der Waals surface area contributed by atoms with Crippen LogP contribution in [0.15, 0.2) is 22.8 Å². The summed E-state index contributed by atoms with van der Waals surface area (Å²) in [6.45, 7) is 12.1. The van der Waals surface area contributed by atoms with Crippen molar-refractivity contribution in [2.24, 2.45) is 5.41 Å². The van der Waals surface area contributed by atoms with Crippen LogP contribution in [0, 0.1) is 5.41 Å². The Morgan fingerprint density at radius 1 is 1.43 bits per heavy atom. The zero-order valence-corrected chi connectivity index (χ0v) is 11.3. The first-order valence-corrected chi connectivity index (χ1v) is 5.92. The summed E-state index contributed by atoms with van der Waals surface area (Å²) in [7, 11) is 0. The van der Waals surface area contributed by atoms with Gasteiger partial charge < -0.3 is 0 Å². The predicted molar refractivity (Wildman–Crippen MR) is 58.9 cm³/mol. The van der Waals surface area contributed by atoms with E-state index >= 15 is 0 Å². The summed E-state index contributed by atoms with van der Waals surface area (Å²) in [6.07, 6.45) is 2.37. The van der Waals surface area contributed by atoms with Gasteiger partial charge in [0.25, 0.3) is 0 Å². The van der Waals surface area contributed by atoms with Gasteiger partial charge in [-0.1, -0.05) is 0 Å². The minimum absolute atomic E-state index is 0.232. The molecule has 76 valence electrons. The molecule has 1 nitrogen and oxygen atoms in total. The van der Waals surface area contributed by atoms with Crippen molar-refractivity contribution in [2.45, 2.75) is 34.6 Å². The molecular weight excluding hydrogens is 206 g/mol. The van der Waals surface area contributed by atoms with Crippen LogP contribution >= 0.6 is 0 Å². The van der Waals surface area contributed by atoms with Crippen LogP contribution in [0.1, 0.15) is 34.6 Å². The van der Waals surface area contributed by atoms with Crippen LogP contribution < -0.4 is 5.32 Å². The molecule has 0 unspecified atom stereocenters. The van der Waals surface area contributed by atoms with Crippen molar-refractivity contribution in [1.29, 1.82) is 0 Å². The fourth-order valence-corrected chi connectivity index (χ4v) is 2.48. The van der Waals surface area contributed by atoms with E-state index in [-0.39, 0.29) is 5.41 Å². The SMILES string of the molecule is CCN[C](=[Ti])C1=CC(C)(C)C(C)=C1C. The first-order chi connectivity index (χ1) is 6.40. The molecule has 0 spiro atoms. The number of rotatable bonds is 3. The molecule has 1 N–H and O–H groups in total. The van der Waals surface area contributed by atoms with Crippen LogP contribution in [-0.4, -0.2) is 10.5 Å². The molecule has 0 aliphatic heterocycles. The van der Waals surface area contributed by atoms with Gasteiger partial charge in [0.05, 0.1) is 0 Å². The van der Waals surface area contributed by atoms with Crippen molar-refractivity contribution in [3.8, 4) is 0 Å². The Kier molecular flexibility index (Phi) is 3.68. The molecule has 14 heavy (non-hydrogen) atoms. The molecule has 0 amide bonds. The van der Waals surface area contributed by atoms with Crippen molar-refractivity contribution in [1.82, 2.24) is 5.32 Å². The molecule has 0 fully saturated rings. The average Bonchev–Trinajstić information content (AvgIpc) is 2.30. The topological polar surface area (TPSA) is 12.0 Å². The minimum atomic E-state index is 0.232. The van der Waals surface area contributed by atoms with Crippen LogP contribution in [0.3, 0.4) is 0 Å². The molecule has 0 aromatic heterocycles. The molecule has 0 saturated heterocycles. The quantitative estimate of drug-likeness (QED) is 0.728. The summed E-state index contributed by atoms with van der Waals surface area (Å²) in [5.41, 5.74) is 4.56. The molecule has 0 aromatic rings. The Bertz CT molecular complexity index is 321. The summed E-state index contributed by atoms with van der Waals surface area (Å²) < 4.78 is 1.30. The second kappa shape index (κ2) is 4.26. The predicted octanol–water partition coefficient (Wildman–Crippen LogP) is 2.58. The summed E-state index contributed by atoms with van der Waals surface area (Å²) in [5, 5.41) is 3.39. The van der Waals surface area contributed by atoms with Gasteiger partial charge in [0.15, 0.2) is 0 Å². The van der Waals surface area contributed by atoms with E-state index in [1.807, 2.05) is 0 Å². The third-order valence-electron chi connectivity index (χ3n) is 3.06. The Balaban J connectivity index is 2.99.